The molecule has 5 rings (SSSR count). The molecule has 0 aliphatic rings. The zero-order valence-corrected chi connectivity index (χ0v) is 16.3. The van der Waals surface area contributed by atoms with Crippen molar-refractivity contribution in [3.05, 3.63) is 96.6 Å². The topological polar surface area (TPSA) is 75.6 Å². The Bertz CT molecular complexity index is 1190. The Balaban J connectivity index is 1.51. The summed E-state index contributed by atoms with van der Waals surface area (Å²) in [5.41, 5.74) is 3.87. The van der Waals surface area contributed by atoms with Crippen LogP contribution >= 0.6 is 0 Å². The molecule has 0 bridgehead atoms. The van der Waals surface area contributed by atoms with Crippen molar-refractivity contribution in [2.24, 2.45) is 0 Å². The molecule has 6 heteroatoms. The maximum Gasteiger partial charge on any atom is 0.170 e. The second-order valence-electron chi connectivity index (χ2n) is 7.04. The van der Waals surface area contributed by atoms with Crippen molar-refractivity contribution in [2.45, 2.75) is 13.1 Å². The molecule has 2 aromatic carbocycles. The minimum absolute atomic E-state index is 0.614. The molecule has 0 saturated carbocycles. The third-order valence-corrected chi connectivity index (χ3v) is 4.90. The first kappa shape index (κ1) is 18.0. The third kappa shape index (κ3) is 3.89. The number of rotatable bonds is 6. The average molecular weight is 392 g/mol. The second kappa shape index (κ2) is 8.13. The fraction of sp³-hybridized carbons (Fsp3) is 0.0833. The Morgan fingerprint density at radius 3 is 1.53 bits per heavy atom. The van der Waals surface area contributed by atoms with E-state index in [0.29, 0.717) is 24.7 Å². The van der Waals surface area contributed by atoms with Gasteiger partial charge in [-0.3, -0.25) is 9.97 Å². The van der Waals surface area contributed by atoms with Gasteiger partial charge < -0.3 is 10.6 Å². The number of aromatic nitrogens is 4. The minimum atomic E-state index is 0.614. The van der Waals surface area contributed by atoms with Crippen LogP contribution in [0.2, 0.25) is 0 Å². The maximum absolute atomic E-state index is 4.88. The van der Waals surface area contributed by atoms with Gasteiger partial charge in [-0.2, -0.15) is 0 Å². The lowest BCUT2D eigenvalue weighted by Crippen LogP contribution is -2.09. The van der Waals surface area contributed by atoms with Crippen molar-refractivity contribution < 1.29 is 0 Å². The summed E-state index contributed by atoms with van der Waals surface area (Å²) in [7, 11) is 0. The second-order valence-corrected chi connectivity index (χ2v) is 7.04. The van der Waals surface area contributed by atoms with Gasteiger partial charge in [-0.25, -0.2) is 9.97 Å². The first-order valence-electron chi connectivity index (χ1n) is 9.81. The monoisotopic (exact) mass is 392 g/mol. The molecule has 0 unspecified atom stereocenters. The average Bonchev–Trinajstić information content (AvgIpc) is 2.81. The molecule has 0 spiro atoms. The predicted molar refractivity (Wildman–Crippen MR) is 120 cm³/mol. The summed E-state index contributed by atoms with van der Waals surface area (Å²) in [4.78, 5) is 18.1. The lowest BCUT2D eigenvalue weighted by molar-refractivity contribution is 1.05. The van der Waals surface area contributed by atoms with Crippen LogP contribution in [0.5, 0.6) is 0 Å². The van der Waals surface area contributed by atoms with E-state index < -0.39 is 0 Å². The molecule has 30 heavy (non-hydrogen) atoms. The number of anilines is 2. The van der Waals surface area contributed by atoms with Crippen LogP contribution in [0.15, 0.2) is 85.5 Å². The van der Waals surface area contributed by atoms with Crippen LogP contribution in [0.1, 0.15) is 11.1 Å². The van der Waals surface area contributed by atoms with E-state index in [1.165, 1.54) is 0 Å². The molecule has 0 radical (unpaired) electrons. The van der Waals surface area contributed by atoms with Gasteiger partial charge in [-0.15, -0.1) is 0 Å². The largest absolute Gasteiger partial charge is 0.363 e. The SMILES string of the molecule is c1cncc(CNc2nc3cc4ccccc4cc3nc2NCc2cccnc2)c1. The molecule has 146 valence electrons. The Kier molecular flexibility index (Phi) is 4.88. The summed E-state index contributed by atoms with van der Waals surface area (Å²) in [5, 5.41) is 9.12. The maximum atomic E-state index is 4.88. The van der Waals surface area contributed by atoms with E-state index in [-0.39, 0.29) is 0 Å². The first-order valence-corrected chi connectivity index (χ1v) is 9.81. The van der Waals surface area contributed by atoms with Gasteiger partial charge in [-0.05, 0) is 46.2 Å². The van der Waals surface area contributed by atoms with Gasteiger partial charge in [0.05, 0.1) is 11.0 Å². The van der Waals surface area contributed by atoms with Crippen molar-refractivity contribution in [1.29, 1.82) is 0 Å². The van der Waals surface area contributed by atoms with Crippen LogP contribution in [0, 0.1) is 0 Å². The van der Waals surface area contributed by atoms with E-state index in [1.54, 1.807) is 12.4 Å². The zero-order valence-electron chi connectivity index (χ0n) is 16.3. The Morgan fingerprint density at radius 2 is 1.10 bits per heavy atom. The van der Waals surface area contributed by atoms with Crippen molar-refractivity contribution in [2.75, 3.05) is 10.6 Å². The van der Waals surface area contributed by atoms with E-state index in [1.807, 2.05) is 48.8 Å². The third-order valence-electron chi connectivity index (χ3n) is 4.90. The molecular weight excluding hydrogens is 372 g/mol. The number of benzene rings is 2. The van der Waals surface area contributed by atoms with Gasteiger partial charge in [0.15, 0.2) is 11.6 Å². The quantitative estimate of drug-likeness (QED) is 0.404. The number of hydrogen-bond acceptors (Lipinski definition) is 6. The van der Waals surface area contributed by atoms with Crippen LogP contribution in [0.25, 0.3) is 21.8 Å². The van der Waals surface area contributed by atoms with Gasteiger partial charge in [0, 0.05) is 37.9 Å². The van der Waals surface area contributed by atoms with E-state index in [9.17, 15) is 0 Å². The predicted octanol–water partition coefficient (Wildman–Crippen LogP) is 4.80. The molecule has 0 amide bonds. The summed E-state index contributed by atoms with van der Waals surface area (Å²) >= 11 is 0. The summed E-state index contributed by atoms with van der Waals surface area (Å²) in [5.74, 6) is 1.43. The number of nitrogens with one attached hydrogen (secondary N) is 2. The van der Waals surface area contributed by atoms with Crippen molar-refractivity contribution in [3.8, 4) is 0 Å². The number of pyridine rings is 2. The van der Waals surface area contributed by atoms with Crippen LogP contribution < -0.4 is 10.6 Å². The fourth-order valence-electron chi connectivity index (χ4n) is 3.37. The normalized spacial score (nSPS) is 10.9. The van der Waals surface area contributed by atoms with Gasteiger partial charge in [0.1, 0.15) is 0 Å². The van der Waals surface area contributed by atoms with Crippen molar-refractivity contribution in [1.82, 2.24) is 19.9 Å². The molecule has 3 aromatic heterocycles. The number of hydrogen-bond donors (Lipinski definition) is 2. The summed E-state index contributed by atoms with van der Waals surface area (Å²) in [6.07, 6.45) is 7.23. The molecule has 2 N–H and O–H groups in total. The highest BCUT2D eigenvalue weighted by atomic mass is 15.1. The molecule has 0 aliphatic carbocycles. The van der Waals surface area contributed by atoms with Gasteiger partial charge in [0.2, 0.25) is 0 Å². The Morgan fingerprint density at radius 1 is 0.600 bits per heavy atom. The van der Waals surface area contributed by atoms with E-state index in [0.717, 1.165) is 32.9 Å². The molecule has 0 saturated heterocycles. The Hall–Kier alpha value is -4.06. The van der Waals surface area contributed by atoms with Gasteiger partial charge in [0.25, 0.3) is 0 Å². The summed E-state index contributed by atoms with van der Waals surface area (Å²) in [6.45, 7) is 1.23. The smallest absolute Gasteiger partial charge is 0.170 e. The molecule has 3 heterocycles. The number of fused-ring (bicyclic) bond motifs is 2. The zero-order chi connectivity index (χ0) is 20.2. The highest BCUT2D eigenvalue weighted by Gasteiger charge is 2.10. The van der Waals surface area contributed by atoms with Crippen LogP contribution in [-0.4, -0.2) is 19.9 Å². The van der Waals surface area contributed by atoms with Gasteiger partial charge in [-0.1, -0.05) is 36.4 Å². The lowest BCUT2D eigenvalue weighted by Gasteiger charge is -2.14. The summed E-state index contributed by atoms with van der Waals surface area (Å²) < 4.78 is 0. The first-order chi connectivity index (χ1) is 14.8. The summed E-state index contributed by atoms with van der Waals surface area (Å²) in [6, 6.07) is 20.3. The fourth-order valence-corrected chi connectivity index (χ4v) is 3.37. The minimum Gasteiger partial charge on any atom is -0.363 e. The lowest BCUT2D eigenvalue weighted by atomic mass is 10.1. The van der Waals surface area contributed by atoms with E-state index in [2.05, 4.69) is 44.9 Å². The Labute approximate surface area is 174 Å². The van der Waals surface area contributed by atoms with E-state index in [4.69, 9.17) is 9.97 Å². The molecule has 0 fully saturated rings. The van der Waals surface area contributed by atoms with Crippen molar-refractivity contribution in [3.63, 3.8) is 0 Å². The van der Waals surface area contributed by atoms with Crippen LogP contribution in [-0.2, 0) is 13.1 Å². The molecule has 0 atom stereocenters. The van der Waals surface area contributed by atoms with Crippen molar-refractivity contribution >= 4 is 33.4 Å². The van der Waals surface area contributed by atoms with Crippen LogP contribution in [0.4, 0.5) is 11.6 Å². The molecule has 0 aliphatic heterocycles. The molecule has 6 nitrogen and oxygen atoms in total. The molecule has 5 aromatic rings. The highest BCUT2D eigenvalue weighted by molar-refractivity contribution is 5.96. The van der Waals surface area contributed by atoms with Gasteiger partial charge >= 0.3 is 0 Å². The van der Waals surface area contributed by atoms with Crippen LogP contribution in [0.3, 0.4) is 0 Å². The highest BCUT2D eigenvalue weighted by Crippen LogP contribution is 2.26. The van der Waals surface area contributed by atoms with E-state index >= 15 is 0 Å². The number of nitrogens with zero attached hydrogens (tertiary/aromatic N) is 4. The molecular formula is C24H20N6. The standard InChI is InChI=1S/C24H20N6/c1-2-8-20-12-22-21(11-19(20)7-1)29-23(27-15-17-5-3-9-25-13-17)24(30-22)28-16-18-6-4-10-26-14-18/h1-14H,15-16H2,(H,27,29)(H,28,30).